The number of rotatable bonds is 1. The highest BCUT2D eigenvalue weighted by molar-refractivity contribution is 7.21. The Morgan fingerprint density at radius 1 is 0.833 bits per heavy atom. The first-order valence-corrected chi connectivity index (χ1v) is 5.08. The van der Waals surface area contributed by atoms with E-state index in [0.717, 1.165) is 9.75 Å². The minimum atomic E-state index is 0.234. The van der Waals surface area contributed by atoms with Crippen LogP contribution in [0.5, 0.6) is 11.5 Å². The van der Waals surface area contributed by atoms with Crippen LogP contribution in [0.4, 0.5) is 0 Å². The molecular formula is C8H6O2S2. The molecule has 2 aromatic rings. The highest BCUT2D eigenvalue weighted by Gasteiger charge is 2.10. The molecule has 4 heteroatoms. The summed E-state index contributed by atoms with van der Waals surface area (Å²) in [6, 6.07) is 3.25. The van der Waals surface area contributed by atoms with Crippen molar-refractivity contribution >= 4 is 22.7 Å². The first-order valence-electron chi connectivity index (χ1n) is 3.32. The fourth-order valence-electron chi connectivity index (χ4n) is 0.945. The zero-order valence-electron chi connectivity index (χ0n) is 6.02. The van der Waals surface area contributed by atoms with Gasteiger partial charge >= 0.3 is 0 Å². The first-order chi connectivity index (χ1) is 5.79. The zero-order valence-corrected chi connectivity index (χ0v) is 7.65. The molecule has 0 amide bonds. The Morgan fingerprint density at radius 3 is 1.50 bits per heavy atom. The number of hydrogen-bond acceptors (Lipinski definition) is 4. The quantitative estimate of drug-likeness (QED) is 0.739. The Kier molecular flexibility index (Phi) is 1.78. The fraction of sp³-hybridized carbons (Fsp3) is 0. The molecule has 0 aliphatic rings. The third-order valence-electron chi connectivity index (χ3n) is 1.50. The second-order valence-corrected chi connectivity index (χ2v) is 4.10. The van der Waals surface area contributed by atoms with Crippen LogP contribution in [-0.4, -0.2) is 10.2 Å². The maximum atomic E-state index is 9.35. The zero-order chi connectivity index (χ0) is 8.55. The van der Waals surface area contributed by atoms with Gasteiger partial charge in [0.15, 0.2) is 0 Å². The monoisotopic (exact) mass is 198 g/mol. The van der Waals surface area contributed by atoms with Crippen LogP contribution in [0, 0.1) is 0 Å². The van der Waals surface area contributed by atoms with Crippen molar-refractivity contribution in [3.05, 3.63) is 22.9 Å². The minimum Gasteiger partial charge on any atom is -0.506 e. The second-order valence-electron chi connectivity index (χ2n) is 2.27. The van der Waals surface area contributed by atoms with Crippen LogP contribution in [0.1, 0.15) is 0 Å². The third-order valence-corrected chi connectivity index (χ3v) is 3.47. The Bertz CT molecular complexity index is 351. The van der Waals surface area contributed by atoms with Crippen LogP contribution >= 0.6 is 22.7 Å². The molecule has 12 heavy (non-hydrogen) atoms. The van der Waals surface area contributed by atoms with E-state index >= 15 is 0 Å². The van der Waals surface area contributed by atoms with Gasteiger partial charge in [-0.15, -0.1) is 22.7 Å². The summed E-state index contributed by atoms with van der Waals surface area (Å²) in [6.07, 6.45) is 0. The van der Waals surface area contributed by atoms with E-state index in [0.29, 0.717) is 0 Å². The number of thiophene rings is 2. The molecule has 2 nitrogen and oxygen atoms in total. The van der Waals surface area contributed by atoms with E-state index in [9.17, 15) is 10.2 Å². The van der Waals surface area contributed by atoms with Gasteiger partial charge in [0.25, 0.3) is 0 Å². The Balaban J connectivity index is 2.57. The first kappa shape index (κ1) is 7.64. The van der Waals surface area contributed by atoms with E-state index in [1.807, 2.05) is 0 Å². The summed E-state index contributed by atoms with van der Waals surface area (Å²) in [5.41, 5.74) is 0. The highest BCUT2D eigenvalue weighted by Crippen LogP contribution is 2.42. The molecule has 2 rings (SSSR count). The molecule has 0 saturated heterocycles. The molecule has 0 bridgehead atoms. The van der Waals surface area contributed by atoms with E-state index in [4.69, 9.17) is 0 Å². The van der Waals surface area contributed by atoms with Crippen molar-refractivity contribution in [3.8, 4) is 21.3 Å². The molecule has 0 fully saturated rings. The normalized spacial score (nSPS) is 10.3. The molecule has 0 radical (unpaired) electrons. The summed E-state index contributed by atoms with van der Waals surface area (Å²) in [4.78, 5) is 1.48. The molecular weight excluding hydrogens is 192 g/mol. The molecule has 0 unspecified atom stereocenters. The van der Waals surface area contributed by atoms with Crippen molar-refractivity contribution in [1.82, 2.24) is 0 Å². The van der Waals surface area contributed by atoms with E-state index in [2.05, 4.69) is 0 Å². The van der Waals surface area contributed by atoms with Crippen LogP contribution in [-0.2, 0) is 0 Å². The summed E-state index contributed by atoms with van der Waals surface area (Å²) in [6.45, 7) is 0. The molecule has 0 aliphatic carbocycles. The van der Waals surface area contributed by atoms with Crippen LogP contribution in [0.25, 0.3) is 9.75 Å². The van der Waals surface area contributed by atoms with Crippen molar-refractivity contribution < 1.29 is 10.2 Å². The third kappa shape index (κ3) is 1.09. The molecule has 2 heterocycles. The predicted octanol–water partition coefficient (Wildman–Crippen LogP) is 2.89. The number of hydrogen-bond donors (Lipinski definition) is 2. The van der Waals surface area contributed by atoms with Crippen LogP contribution in [0.15, 0.2) is 22.9 Å². The summed E-state index contributed by atoms with van der Waals surface area (Å²) in [5.74, 6) is 0.468. The predicted molar refractivity (Wildman–Crippen MR) is 51.0 cm³/mol. The maximum Gasteiger partial charge on any atom is 0.135 e. The van der Waals surface area contributed by atoms with Crippen molar-refractivity contribution in [1.29, 1.82) is 0 Å². The lowest BCUT2D eigenvalue weighted by atomic mass is 10.3. The highest BCUT2D eigenvalue weighted by atomic mass is 32.1. The van der Waals surface area contributed by atoms with Crippen molar-refractivity contribution in [2.24, 2.45) is 0 Å². The van der Waals surface area contributed by atoms with Gasteiger partial charge in [0.1, 0.15) is 11.5 Å². The van der Waals surface area contributed by atoms with E-state index in [1.54, 1.807) is 22.9 Å². The van der Waals surface area contributed by atoms with Gasteiger partial charge in [0.05, 0.1) is 9.75 Å². The van der Waals surface area contributed by atoms with Gasteiger partial charge in [0, 0.05) is 0 Å². The average molecular weight is 198 g/mol. The van der Waals surface area contributed by atoms with Crippen molar-refractivity contribution in [2.45, 2.75) is 0 Å². The lowest BCUT2D eigenvalue weighted by Gasteiger charge is -1.94. The topological polar surface area (TPSA) is 40.5 Å². The summed E-state index contributed by atoms with van der Waals surface area (Å²) in [7, 11) is 0. The average Bonchev–Trinajstić information content (AvgIpc) is 2.59. The van der Waals surface area contributed by atoms with E-state index in [1.165, 1.54) is 22.7 Å². The molecule has 0 saturated carbocycles. The Morgan fingerprint density at radius 2 is 1.25 bits per heavy atom. The molecule has 2 N–H and O–H groups in total. The Hall–Kier alpha value is -1.00. The van der Waals surface area contributed by atoms with E-state index < -0.39 is 0 Å². The molecule has 0 aliphatic heterocycles. The summed E-state index contributed by atoms with van der Waals surface area (Å²) in [5, 5.41) is 22.3. The van der Waals surface area contributed by atoms with Gasteiger partial charge in [-0.1, -0.05) is 0 Å². The molecule has 0 atom stereocenters. The van der Waals surface area contributed by atoms with Crippen molar-refractivity contribution in [3.63, 3.8) is 0 Å². The van der Waals surface area contributed by atoms with Gasteiger partial charge in [-0.2, -0.15) is 0 Å². The Labute approximate surface area is 77.4 Å². The largest absolute Gasteiger partial charge is 0.506 e. The van der Waals surface area contributed by atoms with Crippen molar-refractivity contribution in [2.75, 3.05) is 0 Å². The van der Waals surface area contributed by atoms with Crippen LogP contribution in [0.2, 0.25) is 0 Å². The number of aromatic hydroxyl groups is 2. The summed E-state index contributed by atoms with van der Waals surface area (Å²) < 4.78 is 0. The van der Waals surface area contributed by atoms with Gasteiger partial charge < -0.3 is 10.2 Å². The van der Waals surface area contributed by atoms with Crippen LogP contribution in [0.3, 0.4) is 0 Å². The van der Waals surface area contributed by atoms with Gasteiger partial charge in [-0.3, -0.25) is 0 Å². The SMILES string of the molecule is Oc1ccsc1-c1sccc1O. The minimum absolute atomic E-state index is 0.234. The molecule has 2 aromatic heterocycles. The molecule has 0 aromatic carbocycles. The smallest absolute Gasteiger partial charge is 0.135 e. The molecule has 62 valence electrons. The standard InChI is InChI=1S/C8H6O2S2/c9-5-1-3-11-7(5)8-6(10)2-4-12-8/h1-4,9-10H. The van der Waals surface area contributed by atoms with Gasteiger partial charge in [-0.25, -0.2) is 0 Å². The summed E-state index contributed by atoms with van der Waals surface area (Å²) >= 11 is 2.84. The van der Waals surface area contributed by atoms with Gasteiger partial charge in [-0.05, 0) is 22.9 Å². The lowest BCUT2D eigenvalue weighted by molar-refractivity contribution is 0.472. The molecule has 0 spiro atoms. The second kappa shape index (κ2) is 2.80. The fourth-order valence-corrected chi connectivity index (χ4v) is 2.70. The van der Waals surface area contributed by atoms with Gasteiger partial charge in [0.2, 0.25) is 0 Å². The lowest BCUT2D eigenvalue weighted by Crippen LogP contribution is -1.64. The maximum absolute atomic E-state index is 9.35. The van der Waals surface area contributed by atoms with Crippen LogP contribution < -0.4 is 0 Å². The van der Waals surface area contributed by atoms with E-state index in [-0.39, 0.29) is 11.5 Å².